The van der Waals surface area contributed by atoms with Crippen molar-refractivity contribution in [3.05, 3.63) is 18.0 Å². The van der Waals surface area contributed by atoms with Crippen molar-refractivity contribution in [1.29, 1.82) is 0 Å². The van der Waals surface area contributed by atoms with Gasteiger partial charge < -0.3 is 10.2 Å². The van der Waals surface area contributed by atoms with E-state index in [2.05, 4.69) is 10.4 Å². The predicted octanol–water partition coefficient (Wildman–Crippen LogP) is 0.334. The molecule has 0 aliphatic carbocycles. The number of rotatable bonds is 2. The lowest BCUT2D eigenvalue weighted by atomic mass is 10.3. The van der Waals surface area contributed by atoms with E-state index in [1.165, 1.54) is 6.20 Å². The molecule has 1 aliphatic heterocycles. The Bertz CT molecular complexity index is 423. The normalized spacial score (nSPS) is 16.9. The number of halogens is 3. The molecule has 1 fully saturated rings. The van der Waals surface area contributed by atoms with Gasteiger partial charge >= 0.3 is 6.18 Å². The van der Waals surface area contributed by atoms with Crippen LogP contribution in [0.1, 0.15) is 5.69 Å². The Morgan fingerprint density at radius 1 is 1.39 bits per heavy atom. The smallest absolute Gasteiger partial charge is 0.339 e. The molecule has 0 spiro atoms. The molecule has 100 valence electrons. The van der Waals surface area contributed by atoms with E-state index in [9.17, 15) is 18.0 Å². The molecule has 0 radical (unpaired) electrons. The third kappa shape index (κ3) is 3.00. The fraction of sp³-hybridized carbons (Fsp3) is 0.600. The van der Waals surface area contributed by atoms with Crippen LogP contribution in [0.4, 0.5) is 13.2 Å². The Labute approximate surface area is 102 Å². The molecule has 1 N–H and O–H groups in total. The fourth-order valence-corrected chi connectivity index (χ4v) is 1.75. The molecule has 0 atom stereocenters. The van der Waals surface area contributed by atoms with Crippen LogP contribution in [0.25, 0.3) is 0 Å². The zero-order valence-electron chi connectivity index (χ0n) is 9.57. The Morgan fingerprint density at radius 3 is 2.61 bits per heavy atom. The summed E-state index contributed by atoms with van der Waals surface area (Å²) in [5.74, 6) is -0.215. The Balaban J connectivity index is 1.96. The van der Waals surface area contributed by atoms with Gasteiger partial charge in [-0.15, -0.1) is 0 Å². The molecule has 0 bridgehead atoms. The number of carbonyl (C=O) groups excluding carboxylic acids is 1. The van der Waals surface area contributed by atoms with Gasteiger partial charge in [-0.1, -0.05) is 0 Å². The molecule has 1 amide bonds. The van der Waals surface area contributed by atoms with Crippen LogP contribution in [-0.4, -0.2) is 46.8 Å². The summed E-state index contributed by atoms with van der Waals surface area (Å²) in [7, 11) is 0. The molecular formula is C10H13F3N4O. The van der Waals surface area contributed by atoms with Crippen molar-refractivity contribution in [3.8, 4) is 0 Å². The number of carbonyl (C=O) groups is 1. The lowest BCUT2D eigenvalue weighted by molar-refractivity contribution is -0.142. The van der Waals surface area contributed by atoms with Gasteiger partial charge in [0.2, 0.25) is 5.91 Å². The first kappa shape index (κ1) is 12.9. The molecule has 1 aliphatic rings. The highest BCUT2D eigenvalue weighted by Crippen LogP contribution is 2.27. The van der Waals surface area contributed by atoms with Gasteiger partial charge in [-0.2, -0.15) is 18.3 Å². The standard InChI is InChI=1S/C10H13F3N4O/c11-10(12,13)8-1-4-17(15-8)7-9(18)16-5-2-14-3-6-16/h1,4,14H,2-3,5-7H2. The van der Waals surface area contributed by atoms with Crippen molar-refractivity contribution < 1.29 is 18.0 Å². The van der Waals surface area contributed by atoms with Gasteiger partial charge in [-0.05, 0) is 6.07 Å². The minimum atomic E-state index is -4.47. The van der Waals surface area contributed by atoms with E-state index in [1.54, 1.807) is 4.90 Å². The Hall–Kier alpha value is -1.57. The first-order valence-corrected chi connectivity index (χ1v) is 5.56. The molecule has 18 heavy (non-hydrogen) atoms. The summed E-state index contributed by atoms with van der Waals surface area (Å²) in [6, 6.07) is 0.866. The topological polar surface area (TPSA) is 50.2 Å². The average Bonchev–Trinajstić information content (AvgIpc) is 2.78. The molecule has 0 unspecified atom stereocenters. The summed E-state index contributed by atoms with van der Waals surface area (Å²) in [6.45, 7) is 2.41. The quantitative estimate of drug-likeness (QED) is 0.836. The summed E-state index contributed by atoms with van der Waals surface area (Å²) in [5, 5.41) is 6.44. The van der Waals surface area contributed by atoms with Crippen molar-refractivity contribution in [3.63, 3.8) is 0 Å². The van der Waals surface area contributed by atoms with Crippen molar-refractivity contribution in [2.24, 2.45) is 0 Å². The zero-order valence-corrected chi connectivity index (χ0v) is 9.57. The second kappa shape index (κ2) is 4.97. The third-order valence-electron chi connectivity index (χ3n) is 2.70. The zero-order chi connectivity index (χ0) is 13.2. The number of nitrogens with one attached hydrogen (secondary N) is 1. The average molecular weight is 262 g/mol. The molecule has 5 nitrogen and oxygen atoms in total. The van der Waals surface area contributed by atoms with E-state index >= 15 is 0 Å². The second-order valence-corrected chi connectivity index (χ2v) is 4.03. The van der Waals surface area contributed by atoms with Crippen molar-refractivity contribution in [1.82, 2.24) is 20.0 Å². The number of piperazine rings is 1. The lowest BCUT2D eigenvalue weighted by Gasteiger charge is -2.27. The minimum Gasteiger partial charge on any atom is -0.339 e. The van der Waals surface area contributed by atoms with Gasteiger partial charge in [0, 0.05) is 32.4 Å². The van der Waals surface area contributed by atoms with Gasteiger partial charge in [0.1, 0.15) is 6.54 Å². The molecule has 8 heteroatoms. The van der Waals surface area contributed by atoms with Crippen LogP contribution >= 0.6 is 0 Å². The molecule has 0 aromatic carbocycles. The fourth-order valence-electron chi connectivity index (χ4n) is 1.75. The van der Waals surface area contributed by atoms with E-state index in [0.29, 0.717) is 26.2 Å². The lowest BCUT2D eigenvalue weighted by Crippen LogP contribution is -2.47. The third-order valence-corrected chi connectivity index (χ3v) is 2.70. The van der Waals surface area contributed by atoms with Crippen LogP contribution in [0.15, 0.2) is 12.3 Å². The number of amides is 1. The van der Waals surface area contributed by atoms with Crippen LogP contribution in [-0.2, 0) is 17.5 Å². The first-order chi connectivity index (χ1) is 8.47. The van der Waals surface area contributed by atoms with Crippen LogP contribution in [0.5, 0.6) is 0 Å². The van der Waals surface area contributed by atoms with E-state index in [4.69, 9.17) is 0 Å². The summed E-state index contributed by atoms with van der Waals surface area (Å²) in [5.41, 5.74) is -0.976. The molecule has 2 rings (SSSR count). The maximum atomic E-state index is 12.3. The highest BCUT2D eigenvalue weighted by Gasteiger charge is 2.33. The maximum absolute atomic E-state index is 12.3. The highest BCUT2D eigenvalue weighted by atomic mass is 19.4. The van der Waals surface area contributed by atoms with Crippen LogP contribution < -0.4 is 5.32 Å². The first-order valence-electron chi connectivity index (χ1n) is 5.56. The van der Waals surface area contributed by atoms with Gasteiger partial charge in [-0.25, -0.2) is 0 Å². The van der Waals surface area contributed by atoms with Crippen molar-refractivity contribution in [2.45, 2.75) is 12.7 Å². The number of alkyl halides is 3. The van der Waals surface area contributed by atoms with E-state index in [-0.39, 0.29) is 12.5 Å². The Morgan fingerprint density at radius 2 is 2.06 bits per heavy atom. The van der Waals surface area contributed by atoms with E-state index < -0.39 is 11.9 Å². The van der Waals surface area contributed by atoms with Crippen molar-refractivity contribution in [2.75, 3.05) is 26.2 Å². The summed E-state index contributed by atoms with van der Waals surface area (Å²) < 4.78 is 38.0. The van der Waals surface area contributed by atoms with E-state index in [1.807, 2.05) is 0 Å². The molecule has 2 heterocycles. The minimum absolute atomic E-state index is 0.157. The Kier molecular flexibility index (Phi) is 3.55. The number of hydrogen-bond acceptors (Lipinski definition) is 3. The molecule has 1 aromatic heterocycles. The predicted molar refractivity (Wildman–Crippen MR) is 56.7 cm³/mol. The summed E-state index contributed by atoms with van der Waals surface area (Å²) >= 11 is 0. The number of aromatic nitrogens is 2. The van der Waals surface area contributed by atoms with Gasteiger partial charge in [0.05, 0.1) is 0 Å². The van der Waals surface area contributed by atoms with Crippen LogP contribution in [0.3, 0.4) is 0 Å². The van der Waals surface area contributed by atoms with E-state index in [0.717, 1.165) is 10.7 Å². The monoisotopic (exact) mass is 262 g/mol. The highest BCUT2D eigenvalue weighted by molar-refractivity contribution is 5.76. The van der Waals surface area contributed by atoms with Crippen LogP contribution in [0, 0.1) is 0 Å². The number of nitrogens with zero attached hydrogens (tertiary/aromatic N) is 3. The summed E-state index contributed by atoms with van der Waals surface area (Å²) in [6.07, 6.45) is -3.30. The molecule has 1 aromatic rings. The van der Waals surface area contributed by atoms with Crippen molar-refractivity contribution >= 4 is 5.91 Å². The SMILES string of the molecule is O=C(Cn1ccc(C(F)(F)F)n1)N1CCNCC1. The number of hydrogen-bond donors (Lipinski definition) is 1. The maximum Gasteiger partial charge on any atom is 0.435 e. The summed E-state index contributed by atoms with van der Waals surface area (Å²) in [4.78, 5) is 13.4. The molecular weight excluding hydrogens is 249 g/mol. The van der Waals surface area contributed by atoms with Gasteiger partial charge in [-0.3, -0.25) is 9.48 Å². The molecule has 0 saturated carbocycles. The molecule has 1 saturated heterocycles. The largest absolute Gasteiger partial charge is 0.435 e. The van der Waals surface area contributed by atoms with Gasteiger partial charge in [0.25, 0.3) is 0 Å². The van der Waals surface area contributed by atoms with Gasteiger partial charge in [0.15, 0.2) is 5.69 Å². The van der Waals surface area contributed by atoms with Crippen LogP contribution in [0.2, 0.25) is 0 Å². The second-order valence-electron chi connectivity index (χ2n) is 4.03.